The lowest BCUT2D eigenvalue weighted by atomic mass is 10.1. The fourth-order valence-corrected chi connectivity index (χ4v) is 4.14. The molecule has 3 aromatic rings. The lowest BCUT2D eigenvalue weighted by Crippen LogP contribution is -2.50. The molecule has 1 aliphatic heterocycles. The van der Waals surface area contributed by atoms with Gasteiger partial charge in [-0.05, 0) is 57.8 Å². The molecule has 1 aliphatic rings. The molecule has 164 valence electrons. The highest BCUT2D eigenvalue weighted by Gasteiger charge is 2.25. The molecule has 0 bridgehead atoms. The number of nitrogens with one attached hydrogen (secondary N) is 1. The van der Waals surface area contributed by atoms with Crippen molar-refractivity contribution in [3.8, 4) is 0 Å². The predicted molar refractivity (Wildman–Crippen MR) is 127 cm³/mol. The summed E-state index contributed by atoms with van der Waals surface area (Å²) in [7, 11) is 4.11. The summed E-state index contributed by atoms with van der Waals surface area (Å²) < 4.78 is 1.79. The minimum atomic E-state index is 0.0400. The van der Waals surface area contributed by atoms with Gasteiger partial charge in [-0.15, -0.1) is 0 Å². The molecule has 0 atom stereocenters. The van der Waals surface area contributed by atoms with E-state index in [1.165, 1.54) is 5.56 Å². The average Bonchev–Trinajstić information content (AvgIpc) is 3.16. The maximum absolute atomic E-state index is 13.3. The second-order valence-corrected chi connectivity index (χ2v) is 8.75. The molecule has 31 heavy (non-hydrogen) atoms. The first-order chi connectivity index (χ1) is 14.9. The number of carbonyl (C=O) groups is 1. The van der Waals surface area contributed by atoms with Crippen molar-refractivity contribution in [1.82, 2.24) is 19.4 Å². The van der Waals surface area contributed by atoms with Crippen LogP contribution in [0.1, 0.15) is 19.4 Å². The summed E-state index contributed by atoms with van der Waals surface area (Å²) in [5.41, 5.74) is 3.22. The Labute approximate surface area is 184 Å². The summed E-state index contributed by atoms with van der Waals surface area (Å²) in [4.78, 5) is 24.2. The number of rotatable bonds is 5. The quantitative estimate of drug-likeness (QED) is 0.682. The molecule has 1 N–H and O–H groups in total. The van der Waals surface area contributed by atoms with Crippen LogP contribution in [0, 0.1) is 0 Å². The van der Waals surface area contributed by atoms with Gasteiger partial charge in [0.05, 0.1) is 11.2 Å². The molecular formula is C24H32N6O. The molecule has 2 aromatic heterocycles. The highest BCUT2D eigenvalue weighted by molar-refractivity contribution is 5.92. The molecule has 7 nitrogen and oxygen atoms in total. The number of fused-ring (bicyclic) bond motifs is 1. The summed E-state index contributed by atoms with van der Waals surface area (Å²) in [6, 6.07) is 12.8. The molecule has 4 rings (SSSR count). The SMILES string of the molecule is CC(C)Nc1cccnc1N1CCN(C(=O)n2ccc3ccc(CN(C)C)cc32)CC1. The number of carbonyl (C=O) groups excluding carboxylic acids is 1. The monoisotopic (exact) mass is 420 g/mol. The van der Waals surface area contributed by atoms with Crippen molar-refractivity contribution in [2.24, 2.45) is 0 Å². The maximum Gasteiger partial charge on any atom is 0.328 e. The number of nitrogens with zero attached hydrogens (tertiary/aromatic N) is 5. The Morgan fingerprint density at radius 1 is 1.13 bits per heavy atom. The Balaban J connectivity index is 1.48. The zero-order chi connectivity index (χ0) is 22.0. The average molecular weight is 421 g/mol. The number of piperazine rings is 1. The summed E-state index contributed by atoms with van der Waals surface area (Å²) in [6.07, 6.45) is 3.72. The standard InChI is InChI=1S/C24H32N6O/c1-18(2)26-21-6-5-10-25-23(21)28-12-14-29(15-13-28)24(31)30-11-9-20-8-7-19(16-22(20)30)17-27(3)4/h5-11,16,18,26H,12-15,17H2,1-4H3. The smallest absolute Gasteiger partial charge is 0.328 e. The molecule has 1 fully saturated rings. The molecule has 0 aliphatic carbocycles. The Morgan fingerprint density at radius 3 is 2.61 bits per heavy atom. The highest BCUT2D eigenvalue weighted by atomic mass is 16.2. The van der Waals surface area contributed by atoms with E-state index in [-0.39, 0.29) is 6.03 Å². The zero-order valence-electron chi connectivity index (χ0n) is 18.9. The van der Waals surface area contributed by atoms with Gasteiger partial charge in [0.2, 0.25) is 0 Å². The van der Waals surface area contributed by atoms with Crippen LogP contribution in [0.25, 0.3) is 10.9 Å². The van der Waals surface area contributed by atoms with Gasteiger partial charge in [0, 0.05) is 56.5 Å². The Hall–Kier alpha value is -3.06. The van der Waals surface area contributed by atoms with Crippen LogP contribution < -0.4 is 10.2 Å². The van der Waals surface area contributed by atoms with Crippen LogP contribution in [0.5, 0.6) is 0 Å². The molecule has 3 heterocycles. The summed E-state index contributed by atoms with van der Waals surface area (Å²) >= 11 is 0. The summed E-state index contributed by atoms with van der Waals surface area (Å²) in [6.45, 7) is 7.98. The van der Waals surface area contributed by atoms with Crippen molar-refractivity contribution in [2.45, 2.75) is 26.4 Å². The van der Waals surface area contributed by atoms with E-state index in [1.807, 2.05) is 29.4 Å². The van der Waals surface area contributed by atoms with Crippen molar-refractivity contribution < 1.29 is 4.79 Å². The molecule has 7 heteroatoms. The third-order valence-corrected chi connectivity index (χ3v) is 5.54. The minimum Gasteiger partial charge on any atom is -0.380 e. The predicted octanol–water partition coefficient (Wildman–Crippen LogP) is 3.71. The van der Waals surface area contributed by atoms with Crippen molar-refractivity contribution in [2.75, 3.05) is 50.5 Å². The molecule has 0 saturated carbocycles. The van der Waals surface area contributed by atoms with Crippen LogP contribution in [-0.4, -0.2) is 71.7 Å². The third-order valence-electron chi connectivity index (χ3n) is 5.54. The van der Waals surface area contributed by atoms with Crippen LogP contribution in [0.3, 0.4) is 0 Å². The van der Waals surface area contributed by atoms with E-state index in [4.69, 9.17) is 0 Å². The van der Waals surface area contributed by atoms with Gasteiger partial charge in [0.1, 0.15) is 0 Å². The Kier molecular flexibility index (Phi) is 6.13. The van der Waals surface area contributed by atoms with Gasteiger partial charge in [-0.3, -0.25) is 4.57 Å². The number of pyridine rings is 1. The van der Waals surface area contributed by atoms with E-state index < -0.39 is 0 Å². The van der Waals surface area contributed by atoms with Crippen molar-refractivity contribution >= 4 is 28.4 Å². The third kappa shape index (κ3) is 4.66. The number of anilines is 2. The fraction of sp³-hybridized carbons (Fsp3) is 0.417. The van der Waals surface area contributed by atoms with Gasteiger partial charge in [-0.1, -0.05) is 12.1 Å². The summed E-state index contributed by atoms with van der Waals surface area (Å²) in [5.74, 6) is 0.961. The summed E-state index contributed by atoms with van der Waals surface area (Å²) in [5, 5.41) is 4.56. The van der Waals surface area contributed by atoms with Gasteiger partial charge in [0.25, 0.3) is 0 Å². The van der Waals surface area contributed by atoms with Crippen LogP contribution in [0.15, 0.2) is 48.8 Å². The first-order valence-electron chi connectivity index (χ1n) is 10.9. The normalized spacial score (nSPS) is 14.6. The first-order valence-corrected chi connectivity index (χ1v) is 10.9. The molecular weight excluding hydrogens is 388 g/mol. The number of benzene rings is 1. The molecule has 0 radical (unpaired) electrons. The second-order valence-electron chi connectivity index (χ2n) is 8.75. The van der Waals surface area contributed by atoms with E-state index in [0.717, 1.165) is 42.0 Å². The van der Waals surface area contributed by atoms with E-state index in [2.05, 4.69) is 72.3 Å². The van der Waals surface area contributed by atoms with Crippen molar-refractivity contribution in [3.63, 3.8) is 0 Å². The van der Waals surface area contributed by atoms with Gasteiger partial charge in [-0.25, -0.2) is 9.78 Å². The zero-order valence-corrected chi connectivity index (χ0v) is 18.9. The number of amides is 1. The van der Waals surface area contributed by atoms with Gasteiger partial charge in [0.15, 0.2) is 5.82 Å². The highest BCUT2D eigenvalue weighted by Crippen LogP contribution is 2.25. The topological polar surface area (TPSA) is 56.6 Å². The first kappa shape index (κ1) is 21.2. The van der Waals surface area contributed by atoms with E-state index in [9.17, 15) is 4.79 Å². The Bertz CT molecular complexity index is 1050. The number of hydrogen-bond donors (Lipinski definition) is 1. The van der Waals surface area contributed by atoms with Crippen LogP contribution >= 0.6 is 0 Å². The molecule has 1 saturated heterocycles. The van der Waals surface area contributed by atoms with E-state index in [0.29, 0.717) is 19.1 Å². The molecule has 0 unspecified atom stereocenters. The van der Waals surface area contributed by atoms with Crippen molar-refractivity contribution in [1.29, 1.82) is 0 Å². The van der Waals surface area contributed by atoms with Gasteiger partial charge < -0.3 is 20.0 Å². The largest absolute Gasteiger partial charge is 0.380 e. The Morgan fingerprint density at radius 2 is 1.90 bits per heavy atom. The lowest BCUT2D eigenvalue weighted by molar-refractivity contribution is 0.197. The van der Waals surface area contributed by atoms with Crippen LogP contribution in [-0.2, 0) is 6.54 Å². The minimum absolute atomic E-state index is 0.0400. The van der Waals surface area contributed by atoms with E-state index in [1.54, 1.807) is 4.57 Å². The van der Waals surface area contributed by atoms with Crippen molar-refractivity contribution in [3.05, 3.63) is 54.4 Å². The van der Waals surface area contributed by atoms with Gasteiger partial charge in [-0.2, -0.15) is 0 Å². The van der Waals surface area contributed by atoms with Crippen LogP contribution in [0.2, 0.25) is 0 Å². The molecule has 0 spiro atoms. The molecule has 1 aromatic carbocycles. The maximum atomic E-state index is 13.3. The molecule has 1 amide bonds. The fourth-order valence-electron chi connectivity index (χ4n) is 4.14. The second kappa shape index (κ2) is 8.98. The van der Waals surface area contributed by atoms with Crippen LogP contribution in [0.4, 0.5) is 16.3 Å². The lowest BCUT2D eigenvalue weighted by Gasteiger charge is -2.36. The number of aromatic nitrogens is 2. The number of hydrogen-bond acceptors (Lipinski definition) is 5. The van der Waals surface area contributed by atoms with E-state index >= 15 is 0 Å². The van der Waals surface area contributed by atoms with Gasteiger partial charge >= 0.3 is 6.03 Å².